The number of nitrogens with one attached hydrogen (secondary N) is 1. The molecule has 1 atom stereocenters. The molecule has 0 radical (unpaired) electrons. The summed E-state index contributed by atoms with van der Waals surface area (Å²) in [5.41, 5.74) is 2.98. The molecule has 8 heteroatoms. The van der Waals surface area contributed by atoms with Crippen molar-refractivity contribution in [3.63, 3.8) is 0 Å². The molecule has 184 valence electrons. The molecule has 2 aromatic heterocycles. The van der Waals surface area contributed by atoms with E-state index in [0.717, 1.165) is 46.2 Å². The van der Waals surface area contributed by atoms with Gasteiger partial charge in [-0.1, -0.05) is 37.3 Å². The molecule has 0 fully saturated rings. The summed E-state index contributed by atoms with van der Waals surface area (Å²) < 4.78 is 16.1. The number of rotatable bonds is 6. The van der Waals surface area contributed by atoms with Crippen LogP contribution in [0.1, 0.15) is 34.1 Å². The molecule has 7 nitrogen and oxygen atoms in total. The van der Waals surface area contributed by atoms with Crippen LogP contribution in [0, 0.1) is 5.92 Å². The molecule has 1 aliphatic carbocycles. The van der Waals surface area contributed by atoms with Gasteiger partial charge >= 0.3 is 11.6 Å². The second-order valence-electron chi connectivity index (χ2n) is 8.89. The SMILES string of the molecule is COC(=O)c1c(NC(=O)COc2ccc3c(-c4ccccc4)cc(=O)oc3c2)sc2c1CCC(C)C2. The predicted octanol–water partition coefficient (Wildman–Crippen LogP) is 5.45. The second-order valence-corrected chi connectivity index (χ2v) is 9.99. The monoisotopic (exact) mass is 503 g/mol. The Morgan fingerprint density at radius 2 is 1.94 bits per heavy atom. The molecule has 5 rings (SSSR count). The van der Waals surface area contributed by atoms with Gasteiger partial charge in [0.25, 0.3) is 5.91 Å². The molecular formula is C28H25NO6S. The van der Waals surface area contributed by atoms with Crippen LogP contribution in [0.5, 0.6) is 5.75 Å². The van der Waals surface area contributed by atoms with Crippen LogP contribution in [0.4, 0.5) is 5.00 Å². The van der Waals surface area contributed by atoms with Gasteiger partial charge in [0.2, 0.25) is 0 Å². The zero-order valence-corrected chi connectivity index (χ0v) is 20.8. The van der Waals surface area contributed by atoms with Gasteiger partial charge in [0.1, 0.15) is 16.3 Å². The highest BCUT2D eigenvalue weighted by atomic mass is 32.1. The number of methoxy groups -OCH3 is 1. The number of hydrogen-bond donors (Lipinski definition) is 1. The summed E-state index contributed by atoms with van der Waals surface area (Å²) in [5, 5.41) is 4.08. The fraction of sp³-hybridized carbons (Fsp3) is 0.250. The molecule has 2 heterocycles. The van der Waals surface area contributed by atoms with Gasteiger partial charge in [0.15, 0.2) is 6.61 Å². The fourth-order valence-electron chi connectivity index (χ4n) is 4.56. The predicted molar refractivity (Wildman–Crippen MR) is 139 cm³/mol. The topological polar surface area (TPSA) is 94.8 Å². The van der Waals surface area contributed by atoms with Crippen LogP contribution >= 0.6 is 11.3 Å². The smallest absolute Gasteiger partial charge is 0.341 e. The van der Waals surface area contributed by atoms with Crippen molar-refractivity contribution in [1.82, 2.24) is 0 Å². The third-order valence-corrected chi connectivity index (χ3v) is 7.49. The maximum Gasteiger partial charge on any atom is 0.341 e. The lowest BCUT2D eigenvalue weighted by Gasteiger charge is -2.18. The van der Waals surface area contributed by atoms with Crippen molar-refractivity contribution in [2.24, 2.45) is 5.92 Å². The summed E-state index contributed by atoms with van der Waals surface area (Å²) in [6.07, 6.45) is 2.66. The van der Waals surface area contributed by atoms with Crippen LogP contribution in [0.25, 0.3) is 22.1 Å². The van der Waals surface area contributed by atoms with Gasteiger partial charge in [-0.05, 0) is 54.0 Å². The van der Waals surface area contributed by atoms with E-state index >= 15 is 0 Å². The molecule has 0 saturated heterocycles. The lowest BCUT2D eigenvalue weighted by molar-refractivity contribution is -0.118. The Hall–Kier alpha value is -3.91. The van der Waals surface area contributed by atoms with Crippen molar-refractivity contribution in [3.8, 4) is 16.9 Å². The highest BCUT2D eigenvalue weighted by Gasteiger charge is 2.29. The first kappa shape index (κ1) is 23.8. The summed E-state index contributed by atoms with van der Waals surface area (Å²) in [5.74, 6) is 0.0748. The van der Waals surface area contributed by atoms with Crippen molar-refractivity contribution in [2.45, 2.75) is 26.2 Å². The van der Waals surface area contributed by atoms with Gasteiger partial charge in [-0.2, -0.15) is 0 Å². The summed E-state index contributed by atoms with van der Waals surface area (Å²) in [7, 11) is 1.34. The lowest BCUT2D eigenvalue weighted by atomic mass is 9.88. The maximum absolute atomic E-state index is 12.7. The minimum absolute atomic E-state index is 0.270. The lowest BCUT2D eigenvalue weighted by Crippen LogP contribution is -2.21. The van der Waals surface area contributed by atoms with Gasteiger partial charge < -0.3 is 19.2 Å². The molecule has 1 aliphatic rings. The number of benzene rings is 2. The molecule has 0 saturated carbocycles. The van der Waals surface area contributed by atoms with Gasteiger partial charge in [-0.3, -0.25) is 4.79 Å². The normalized spacial score (nSPS) is 14.8. The zero-order chi connectivity index (χ0) is 25.2. The number of carbonyl (C=O) groups is 2. The molecule has 4 aromatic rings. The van der Waals surface area contributed by atoms with Gasteiger partial charge in [0, 0.05) is 22.4 Å². The van der Waals surface area contributed by atoms with E-state index in [1.807, 2.05) is 30.3 Å². The molecule has 1 amide bonds. The summed E-state index contributed by atoms with van der Waals surface area (Å²) >= 11 is 1.42. The van der Waals surface area contributed by atoms with Crippen LogP contribution in [0.3, 0.4) is 0 Å². The minimum Gasteiger partial charge on any atom is -0.484 e. The number of esters is 1. The first-order valence-corrected chi connectivity index (χ1v) is 12.5. The summed E-state index contributed by atoms with van der Waals surface area (Å²) in [6.45, 7) is 1.91. The molecular weight excluding hydrogens is 478 g/mol. The zero-order valence-electron chi connectivity index (χ0n) is 20.0. The van der Waals surface area contributed by atoms with Crippen LogP contribution in [0.15, 0.2) is 63.8 Å². The second kappa shape index (κ2) is 9.99. The Morgan fingerprint density at radius 1 is 1.14 bits per heavy atom. The Morgan fingerprint density at radius 3 is 2.72 bits per heavy atom. The number of hydrogen-bond acceptors (Lipinski definition) is 7. The quantitative estimate of drug-likeness (QED) is 0.278. The third kappa shape index (κ3) is 4.77. The number of carbonyl (C=O) groups excluding carboxylic acids is 2. The molecule has 1 N–H and O–H groups in total. The van der Waals surface area contributed by atoms with Crippen LogP contribution in [-0.2, 0) is 22.4 Å². The van der Waals surface area contributed by atoms with E-state index in [1.165, 1.54) is 24.5 Å². The Kier molecular flexibility index (Phi) is 6.61. The van der Waals surface area contributed by atoms with Crippen molar-refractivity contribution in [3.05, 3.63) is 81.0 Å². The van der Waals surface area contributed by atoms with Crippen LogP contribution < -0.4 is 15.7 Å². The molecule has 36 heavy (non-hydrogen) atoms. The molecule has 2 aromatic carbocycles. The first-order chi connectivity index (χ1) is 17.4. The van der Waals surface area contributed by atoms with E-state index in [2.05, 4.69) is 12.2 Å². The van der Waals surface area contributed by atoms with Crippen LogP contribution in [-0.4, -0.2) is 25.6 Å². The van der Waals surface area contributed by atoms with E-state index in [9.17, 15) is 14.4 Å². The number of fused-ring (bicyclic) bond motifs is 2. The maximum atomic E-state index is 12.7. The summed E-state index contributed by atoms with van der Waals surface area (Å²) in [4.78, 5) is 38.5. The number of amides is 1. The van der Waals surface area contributed by atoms with Crippen molar-refractivity contribution >= 4 is 39.2 Å². The average molecular weight is 504 g/mol. The van der Waals surface area contributed by atoms with E-state index in [-0.39, 0.29) is 6.61 Å². The third-order valence-electron chi connectivity index (χ3n) is 6.32. The van der Waals surface area contributed by atoms with Crippen LogP contribution in [0.2, 0.25) is 0 Å². The first-order valence-electron chi connectivity index (χ1n) is 11.7. The van der Waals surface area contributed by atoms with Gasteiger partial charge in [-0.15, -0.1) is 11.3 Å². The number of ether oxygens (including phenoxy) is 2. The highest BCUT2D eigenvalue weighted by molar-refractivity contribution is 7.17. The van der Waals surface area contributed by atoms with E-state index in [4.69, 9.17) is 13.9 Å². The van der Waals surface area contributed by atoms with Gasteiger partial charge in [-0.25, -0.2) is 9.59 Å². The van der Waals surface area contributed by atoms with E-state index in [1.54, 1.807) is 18.2 Å². The fourth-order valence-corrected chi connectivity index (χ4v) is 5.97. The van der Waals surface area contributed by atoms with Crippen molar-refractivity contribution in [1.29, 1.82) is 0 Å². The number of anilines is 1. The van der Waals surface area contributed by atoms with E-state index in [0.29, 0.717) is 27.8 Å². The Bertz CT molecular complexity index is 1500. The number of thiophene rings is 1. The standard InChI is InChI=1S/C28H25NO6S/c1-16-8-10-20-23(12-16)36-27(26(20)28(32)33-2)29-24(30)15-34-18-9-11-19-21(17-6-4-3-5-7-17)14-25(31)35-22(19)13-18/h3-7,9,11,13-14,16H,8,10,12,15H2,1-2H3,(H,29,30). The van der Waals surface area contributed by atoms with Crippen molar-refractivity contribution < 1.29 is 23.5 Å². The molecule has 0 aliphatic heterocycles. The molecule has 0 bridgehead atoms. The minimum atomic E-state index is -0.470. The largest absolute Gasteiger partial charge is 0.484 e. The average Bonchev–Trinajstić information content (AvgIpc) is 3.23. The Balaban J connectivity index is 1.34. The Labute approximate surface area is 211 Å². The molecule has 1 unspecified atom stereocenters. The molecule has 0 spiro atoms. The van der Waals surface area contributed by atoms with E-state index < -0.39 is 17.5 Å². The highest BCUT2D eigenvalue weighted by Crippen LogP contribution is 2.40. The van der Waals surface area contributed by atoms with Gasteiger partial charge in [0.05, 0.1) is 12.7 Å². The van der Waals surface area contributed by atoms with Crippen molar-refractivity contribution in [2.75, 3.05) is 19.0 Å². The summed E-state index contributed by atoms with van der Waals surface area (Å²) in [6, 6.07) is 16.2.